The summed E-state index contributed by atoms with van der Waals surface area (Å²) in [6, 6.07) is 2.25. The molecule has 4 N–H and O–H groups in total. The Morgan fingerprint density at radius 2 is 2.04 bits per heavy atom. The molecule has 0 spiro atoms. The standard InChI is InChI=1S/C14H24N3O5P.C2H6/c1-2-3-4-5-9-16-14(18)17-13(11-22-23(19,20)21)12-7-6-8-15-10-12;1-2/h6-8,10,13H,2-5,9,11H2,1H3,(H2,16,17,18)(H2,19,20,21);1-2H3. The number of nitrogens with one attached hydrogen (secondary N) is 2. The molecule has 0 aromatic carbocycles. The minimum Gasteiger partial charge on any atom is -0.338 e. The fraction of sp³-hybridized carbons (Fsp3) is 0.625. The molecular weight excluding hydrogens is 345 g/mol. The van der Waals surface area contributed by atoms with Gasteiger partial charge in [0.25, 0.3) is 0 Å². The van der Waals surface area contributed by atoms with E-state index in [-0.39, 0.29) is 6.61 Å². The third-order valence-electron chi connectivity index (χ3n) is 3.12. The summed E-state index contributed by atoms with van der Waals surface area (Å²) in [7, 11) is -4.61. The minimum atomic E-state index is -4.61. The average Bonchev–Trinajstić information content (AvgIpc) is 2.60. The molecule has 1 rings (SSSR count). The van der Waals surface area contributed by atoms with Crippen LogP contribution in [0.2, 0.25) is 0 Å². The van der Waals surface area contributed by atoms with Crippen LogP contribution in [0.3, 0.4) is 0 Å². The lowest BCUT2D eigenvalue weighted by atomic mass is 10.1. The maximum absolute atomic E-state index is 11.9. The second-order valence-electron chi connectivity index (χ2n) is 5.09. The van der Waals surface area contributed by atoms with Gasteiger partial charge in [-0.2, -0.15) is 0 Å². The molecule has 8 nitrogen and oxygen atoms in total. The summed E-state index contributed by atoms with van der Waals surface area (Å²) in [5.41, 5.74) is 0.599. The number of rotatable bonds is 10. The van der Waals surface area contributed by atoms with E-state index in [0.717, 1.165) is 25.7 Å². The van der Waals surface area contributed by atoms with E-state index in [1.54, 1.807) is 18.3 Å². The Kier molecular flexibility index (Phi) is 13.0. The predicted octanol–water partition coefficient (Wildman–Crippen LogP) is 3.14. The maximum atomic E-state index is 11.9. The van der Waals surface area contributed by atoms with Crippen molar-refractivity contribution in [2.24, 2.45) is 0 Å². The average molecular weight is 375 g/mol. The van der Waals surface area contributed by atoms with Crippen LogP contribution < -0.4 is 10.6 Å². The van der Waals surface area contributed by atoms with Gasteiger partial charge >= 0.3 is 13.9 Å². The number of hydrogen-bond donors (Lipinski definition) is 4. The molecule has 0 saturated carbocycles. The van der Waals surface area contributed by atoms with Crippen molar-refractivity contribution in [3.8, 4) is 0 Å². The number of amides is 2. The third kappa shape index (κ3) is 12.5. The van der Waals surface area contributed by atoms with Crippen molar-refractivity contribution in [1.82, 2.24) is 15.6 Å². The number of phosphoric ester groups is 1. The van der Waals surface area contributed by atoms with Gasteiger partial charge in [0.1, 0.15) is 0 Å². The van der Waals surface area contributed by atoms with E-state index in [4.69, 9.17) is 9.79 Å². The van der Waals surface area contributed by atoms with Gasteiger partial charge in [0.05, 0.1) is 12.6 Å². The molecule has 2 amide bonds. The van der Waals surface area contributed by atoms with Crippen molar-refractivity contribution in [2.45, 2.75) is 52.5 Å². The maximum Gasteiger partial charge on any atom is 0.469 e. The highest BCUT2D eigenvalue weighted by molar-refractivity contribution is 7.46. The number of hydrogen-bond acceptors (Lipinski definition) is 4. The van der Waals surface area contributed by atoms with Gasteiger partial charge in [-0.25, -0.2) is 9.36 Å². The van der Waals surface area contributed by atoms with Crippen LogP contribution in [0, 0.1) is 0 Å². The van der Waals surface area contributed by atoms with Gasteiger partial charge in [-0.1, -0.05) is 46.1 Å². The van der Waals surface area contributed by atoms with Crippen LogP contribution in [0.4, 0.5) is 4.79 Å². The van der Waals surface area contributed by atoms with Crippen molar-refractivity contribution in [3.05, 3.63) is 30.1 Å². The summed E-state index contributed by atoms with van der Waals surface area (Å²) in [4.78, 5) is 33.5. The second kappa shape index (κ2) is 13.8. The Bertz CT molecular complexity index is 510. The van der Waals surface area contributed by atoms with E-state index < -0.39 is 19.9 Å². The molecule has 1 aromatic heterocycles. The fourth-order valence-electron chi connectivity index (χ4n) is 1.94. The minimum absolute atomic E-state index is 0.348. The molecule has 0 bridgehead atoms. The highest BCUT2D eigenvalue weighted by atomic mass is 31.2. The SMILES string of the molecule is CC.CCCCCCNC(=O)NC(COP(=O)(O)O)c1cccnc1. The lowest BCUT2D eigenvalue weighted by molar-refractivity contribution is 0.175. The zero-order valence-corrected chi connectivity index (χ0v) is 16.0. The van der Waals surface area contributed by atoms with E-state index in [0.29, 0.717) is 12.1 Å². The first kappa shape index (κ1) is 23.5. The monoisotopic (exact) mass is 375 g/mol. The Hall–Kier alpha value is -1.47. The Labute approximate surface area is 149 Å². The highest BCUT2D eigenvalue weighted by Crippen LogP contribution is 2.36. The van der Waals surface area contributed by atoms with E-state index >= 15 is 0 Å². The Morgan fingerprint density at radius 1 is 1.32 bits per heavy atom. The molecule has 0 aliphatic carbocycles. The van der Waals surface area contributed by atoms with Gasteiger partial charge in [-0.15, -0.1) is 0 Å². The van der Waals surface area contributed by atoms with Crippen molar-refractivity contribution >= 4 is 13.9 Å². The molecule has 1 unspecified atom stereocenters. The number of pyridine rings is 1. The smallest absolute Gasteiger partial charge is 0.338 e. The predicted molar refractivity (Wildman–Crippen MR) is 97.0 cm³/mol. The summed E-state index contributed by atoms with van der Waals surface area (Å²) >= 11 is 0. The number of unbranched alkanes of at least 4 members (excludes halogenated alkanes) is 3. The number of carbonyl (C=O) groups is 1. The number of aromatic nitrogens is 1. The van der Waals surface area contributed by atoms with Gasteiger partial charge < -0.3 is 20.4 Å². The molecule has 1 atom stereocenters. The van der Waals surface area contributed by atoms with E-state index in [2.05, 4.69) is 27.1 Å². The van der Waals surface area contributed by atoms with Gasteiger partial charge in [-0.05, 0) is 18.1 Å². The molecule has 0 fully saturated rings. The van der Waals surface area contributed by atoms with Crippen LogP contribution in [0.1, 0.15) is 58.1 Å². The molecule has 25 heavy (non-hydrogen) atoms. The zero-order chi connectivity index (χ0) is 19.1. The summed E-state index contributed by atoms with van der Waals surface area (Å²) in [6.45, 7) is 6.31. The lowest BCUT2D eigenvalue weighted by Crippen LogP contribution is -2.39. The van der Waals surface area contributed by atoms with E-state index in [1.165, 1.54) is 6.20 Å². The molecule has 0 aliphatic heterocycles. The van der Waals surface area contributed by atoms with Gasteiger partial charge in [0, 0.05) is 18.9 Å². The number of carbonyl (C=O) groups excluding carboxylic acids is 1. The number of nitrogens with zero attached hydrogens (tertiary/aromatic N) is 1. The Balaban J connectivity index is 0.00000277. The molecule has 0 radical (unpaired) electrons. The molecule has 0 aliphatic rings. The summed E-state index contributed by atoms with van der Waals surface area (Å²) in [6.07, 6.45) is 7.25. The summed E-state index contributed by atoms with van der Waals surface area (Å²) in [5.74, 6) is 0. The lowest BCUT2D eigenvalue weighted by Gasteiger charge is -2.19. The molecule has 0 saturated heterocycles. The van der Waals surface area contributed by atoms with Crippen molar-refractivity contribution in [2.75, 3.05) is 13.2 Å². The van der Waals surface area contributed by atoms with Crippen LogP contribution in [-0.2, 0) is 9.09 Å². The van der Waals surface area contributed by atoms with Crippen LogP contribution in [0.15, 0.2) is 24.5 Å². The largest absolute Gasteiger partial charge is 0.469 e. The zero-order valence-electron chi connectivity index (χ0n) is 15.1. The molecule has 144 valence electrons. The molecule has 9 heteroatoms. The number of urea groups is 1. The summed E-state index contributed by atoms with van der Waals surface area (Å²) in [5, 5.41) is 5.36. The van der Waals surface area contributed by atoms with Crippen molar-refractivity contribution < 1.29 is 23.7 Å². The van der Waals surface area contributed by atoms with Crippen LogP contribution >= 0.6 is 7.82 Å². The van der Waals surface area contributed by atoms with Gasteiger partial charge in [-0.3, -0.25) is 9.51 Å². The fourth-order valence-corrected chi connectivity index (χ4v) is 2.28. The first-order chi connectivity index (χ1) is 11.9. The first-order valence-corrected chi connectivity index (χ1v) is 10.1. The summed E-state index contributed by atoms with van der Waals surface area (Å²) < 4.78 is 15.4. The highest BCUT2D eigenvalue weighted by Gasteiger charge is 2.21. The third-order valence-corrected chi connectivity index (χ3v) is 3.60. The van der Waals surface area contributed by atoms with Crippen LogP contribution in [0.5, 0.6) is 0 Å². The van der Waals surface area contributed by atoms with E-state index in [1.807, 2.05) is 13.8 Å². The van der Waals surface area contributed by atoms with Gasteiger partial charge in [0.2, 0.25) is 0 Å². The Morgan fingerprint density at radius 3 is 2.60 bits per heavy atom. The van der Waals surface area contributed by atoms with E-state index in [9.17, 15) is 9.36 Å². The van der Waals surface area contributed by atoms with Gasteiger partial charge in [0.15, 0.2) is 0 Å². The second-order valence-corrected chi connectivity index (χ2v) is 6.33. The quantitative estimate of drug-likeness (QED) is 0.368. The van der Waals surface area contributed by atoms with Crippen molar-refractivity contribution in [3.63, 3.8) is 0 Å². The molecule has 1 aromatic rings. The topological polar surface area (TPSA) is 121 Å². The van der Waals surface area contributed by atoms with Crippen LogP contribution in [0.25, 0.3) is 0 Å². The first-order valence-electron chi connectivity index (χ1n) is 8.56. The molecular formula is C16H30N3O5P. The van der Waals surface area contributed by atoms with Crippen molar-refractivity contribution in [1.29, 1.82) is 0 Å². The molecule has 1 heterocycles. The van der Waals surface area contributed by atoms with Crippen LogP contribution in [-0.4, -0.2) is 34.0 Å². The normalized spacial score (nSPS) is 11.9. The number of phosphoric acid groups is 1.